The molecule has 0 spiro atoms. The van der Waals surface area contributed by atoms with Crippen molar-refractivity contribution >= 4 is 23.3 Å². The average molecular weight is 451 g/mol. The summed E-state index contributed by atoms with van der Waals surface area (Å²) in [5.74, 6) is 0.790. The Morgan fingerprint density at radius 2 is 1.81 bits per heavy atom. The highest BCUT2D eigenvalue weighted by molar-refractivity contribution is 6.30. The molecule has 4 rings (SSSR count). The first-order valence-corrected chi connectivity index (χ1v) is 11.4. The van der Waals surface area contributed by atoms with E-state index in [4.69, 9.17) is 11.6 Å². The number of aromatic nitrogens is 2. The summed E-state index contributed by atoms with van der Waals surface area (Å²) >= 11 is 6.01. The third kappa shape index (κ3) is 5.19. The van der Waals surface area contributed by atoms with Gasteiger partial charge in [0.15, 0.2) is 0 Å². The van der Waals surface area contributed by atoms with E-state index in [2.05, 4.69) is 22.2 Å². The van der Waals surface area contributed by atoms with Crippen LogP contribution in [0.3, 0.4) is 0 Å². The van der Waals surface area contributed by atoms with Crippen LogP contribution in [0.25, 0.3) is 5.69 Å². The van der Waals surface area contributed by atoms with Crippen LogP contribution in [0.15, 0.2) is 65.5 Å². The molecule has 1 aliphatic rings. The number of benzene rings is 2. The predicted octanol–water partition coefficient (Wildman–Crippen LogP) is 3.98. The van der Waals surface area contributed by atoms with E-state index in [-0.39, 0.29) is 17.4 Å². The fourth-order valence-electron chi connectivity index (χ4n) is 3.98. The number of carbonyl (C=O) groups excluding carboxylic acids is 1. The minimum atomic E-state index is -0.159. The summed E-state index contributed by atoms with van der Waals surface area (Å²) < 4.78 is 1.44. The molecular formula is C25H27ClN4O2. The second-order valence-corrected chi connectivity index (χ2v) is 8.51. The first-order chi connectivity index (χ1) is 15.5. The first kappa shape index (κ1) is 22.1. The molecule has 0 bridgehead atoms. The lowest BCUT2D eigenvalue weighted by molar-refractivity contribution is -0.125. The maximum atomic E-state index is 12.6. The molecule has 1 fully saturated rings. The van der Waals surface area contributed by atoms with Gasteiger partial charge in [0.05, 0.1) is 5.69 Å². The van der Waals surface area contributed by atoms with E-state index in [0.717, 1.165) is 49.4 Å². The number of piperidine rings is 1. The van der Waals surface area contributed by atoms with Gasteiger partial charge >= 0.3 is 0 Å². The van der Waals surface area contributed by atoms with E-state index in [1.807, 2.05) is 48.5 Å². The summed E-state index contributed by atoms with van der Waals surface area (Å²) in [5.41, 5.74) is 2.80. The molecule has 0 radical (unpaired) electrons. The third-order valence-electron chi connectivity index (χ3n) is 5.92. The smallest absolute Gasteiger partial charge is 0.271 e. The van der Waals surface area contributed by atoms with E-state index in [0.29, 0.717) is 11.6 Å². The number of halogens is 1. The summed E-state index contributed by atoms with van der Waals surface area (Å²) in [6.45, 7) is 4.01. The third-order valence-corrected chi connectivity index (χ3v) is 6.16. The maximum absolute atomic E-state index is 12.6. The molecule has 6 nitrogen and oxygen atoms in total. The molecule has 1 N–H and O–H groups in total. The second kappa shape index (κ2) is 10.0. The van der Waals surface area contributed by atoms with Crippen molar-refractivity contribution in [2.45, 2.75) is 32.7 Å². The Labute approximate surface area is 192 Å². The summed E-state index contributed by atoms with van der Waals surface area (Å²) in [5, 5.41) is 8.28. The van der Waals surface area contributed by atoms with E-state index >= 15 is 0 Å². The fraction of sp³-hybridized carbons (Fsp3) is 0.320. The zero-order chi connectivity index (χ0) is 22.5. The van der Waals surface area contributed by atoms with Crippen LogP contribution in [0.2, 0.25) is 5.02 Å². The van der Waals surface area contributed by atoms with Gasteiger partial charge < -0.3 is 10.2 Å². The van der Waals surface area contributed by atoms with Crippen molar-refractivity contribution in [1.82, 2.24) is 15.1 Å². The van der Waals surface area contributed by atoms with Crippen molar-refractivity contribution in [1.29, 1.82) is 0 Å². The van der Waals surface area contributed by atoms with Crippen LogP contribution in [0.1, 0.15) is 30.9 Å². The second-order valence-electron chi connectivity index (χ2n) is 8.07. The Morgan fingerprint density at radius 1 is 1.06 bits per heavy atom. The molecule has 7 heteroatoms. The average Bonchev–Trinajstić information content (AvgIpc) is 2.83. The molecule has 3 aromatic rings. The van der Waals surface area contributed by atoms with Crippen LogP contribution < -0.4 is 15.8 Å². The quantitative estimate of drug-likeness (QED) is 0.616. The lowest BCUT2D eigenvalue weighted by atomic mass is 9.96. The number of amides is 1. The number of nitrogens with zero attached hydrogens (tertiary/aromatic N) is 3. The largest absolute Gasteiger partial charge is 0.355 e. The molecule has 1 amide bonds. The molecule has 2 heterocycles. The zero-order valence-corrected chi connectivity index (χ0v) is 18.9. The summed E-state index contributed by atoms with van der Waals surface area (Å²) in [7, 11) is 0. The minimum absolute atomic E-state index is 0.0297. The molecule has 0 unspecified atom stereocenters. The normalized spacial score (nSPS) is 14.4. The Balaban J connectivity index is 1.37. The molecule has 0 atom stereocenters. The maximum Gasteiger partial charge on any atom is 0.271 e. The Bertz CT molecular complexity index is 1140. The number of aryl methyl sites for hydroxylation is 1. The van der Waals surface area contributed by atoms with Gasteiger partial charge in [-0.2, -0.15) is 4.68 Å². The molecule has 166 valence electrons. The van der Waals surface area contributed by atoms with Gasteiger partial charge in [-0.3, -0.25) is 9.59 Å². The van der Waals surface area contributed by atoms with Gasteiger partial charge in [-0.05, 0) is 60.7 Å². The lowest BCUT2D eigenvalue weighted by Gasteiger charge is -2.32. The molecular weight excluding hydrogens is 424 g/mol. The van der Waals surface area contributed by atoms with Gasteiger partial charge in [0.2, 0.25) is 5.91 Å². The highest BCUT2D eigenvalue weighted by Crippen LogP contribution is 2.22. The van der Waals surface area contributed by atoms with Crippen LogP contribution in [0, 0.1) is 5.92 Å². The van der Waals surface area contributed by atoms with Crippen LogP contribution in [0.5, 0.6) is 0 Å². The van der Waals surface area contributed by atoms with Gasteiger partial charge in [0.25, 0.3) is 5.56 Å². The van der Waals surface area contributed by atoms with E-state index in [9.17, 15) is 9.59 Å². The van der Waals surface area contributed by atoms with Gasteiger partial charge in [0, 0.05) is 36.6 Å². The van der Waals surface area contributed by atoms with Crippen molar-refractivity contribution in [3.8, 4) is 5.69 Å². The van der Waals surface area contributed by atoms with Crippen molar-refractivity contribution in [3.05, 3.63) is 87.2 Å². The monoisotopic (exact) mass is 450 g/mol. The number of nitrogens with one attached hydrogen (secondary N) is 1. The SMILES string of the molecule is CCc1ccc(-n2nc(N3CCC(C(=O)NCc4cccc(Cl)c4)CC3)ccc2=O)cc1. The molecule has 32 heavy (non-hydrogen) atoms. The van der Waals surface area contributed by atoms with E-state index < -0.39 is 0 Å². The number of rotatable bonds is 6. The lowest BCUT2D eigenvalue weighted by Crippen LogP contribution is -2.41. The van der Waals surface area contributed by atoms with E-state index in [1.165, 1.54) is 10.2 Å². The van der Waals surface area contributed by atoms with Crippen molar-refractivity contribution in [2.75, 3.05) is 18.0 Å². The highest BCUT2D eigenvalue weighted by Gasteiger charge is 2.25. The first-order valence-electron chi connectivity index (χ1n) is 11.0. The van der Waals surface area contributed by atoms with Gasteiger partial charge in [-0.25, -0.2) is 0 Å². The van der Waals surface area contributed by atoms with Crippen LogP contribution >= 0.6 is 11.6 Å². The van der Waals surface area contributed by atoms with Gasteiger partial charge in [-0.1, -0.05) is 42.8 Å². The van der Waals surface area contributed by atoms with Gasteiger partial charge in [-0.15, -0.1) is 5.10 Å². The standard InChI is InChI=1S/C25H27ClN4O2/c1-2-18-6-8-22(9-7-18)30-24(31)11-10-23(28-30)29-14-12-20(13-15-29)25(32)27-17-19-4-3-5-21(26)16-19/h3-11,16,20H,2,12-15,17H2,1H3,(H,27,32). The summed E-state index contributed by atoms with van der Waals surface area (Å²) in [4.78, 5) is 27.1. The van der Waals surface area contributed by atoms with Crippen LogP contribution in [-0.4, -0.2) is 28.8 Å². The topological polar surface area (TPSA) is 67.2 Å². The van der Waals surface area contributed by atoms with Crippen molar-refractivity contribution in [3.63, 3.8) is 0 Å². The number of hydrogen-bond donors (Lipinski definition) is 1. The molecule has 0 aliphatic carbocycles. The minimum Gasteiger partial charge on any atom is -0.355 e. The highest BCUT2D eigenvalue weighted by atomic mass is 35.5. The summed E-state index contributed by atoms with van der Waals surface area (Å²) in [6.07, 6.45) is 2.44. The van der Waals surface area contributed by atoms with Crippen molar-refractivity contribution in [2.24, 2.45) is 5.92 Å². The van der Waals surface area contributed by atoms with Crippen molar-refractivity contribution < 1.29 is 4.79 Å². The number of carbonyl (C=O) groups is 1. The summed E-state index contributed by atoms with van der Waals surface area (Å²) in [6, 6.07) is 18.7. The van der Waals surface area contributed by atoms with E-state index in [1.54, 1.807) is 12.1 Å². The van der Waals surface area contributed by atoms with Crippen LogP contribution in [0.4, 0.5) is 5.82 Å². The van der Waals surface area contributed by atoms with Crippen LogP contribution in [-0.2, 0) is 17.8 Å². The Hall–Kier alpha value is -3.12. The molecule has 1 aliphatic heterocycles. The zero-order valence-electron chi connectivity index (χ0n) is 18.1. The van der Waals surface area contributed by atoms with Gasteiger partial charge in [0.1, 0.15) is 5.82 Å². The fourth-order valence-corrected chi connectivity index (χ4v) is 4.19. The molecule has 2 aromatic carbocycles. The predicted molar refractivity (Wildman–Crippen MR) is 127 cm³/mol. The molecule has 0 saturated carbocycles. The number of hydrogen-bond acceptors (Lipinski definition) is 4. The Morgan fingerprint density at radius 3 is 2.50 bits per heavy atom. The molecule has 1 aromatic heterocycles. The Kier molecular flexibility index (Phi) is 6.90. The molecule has 1 saturated heterocycles. The number of anilines is 1.